The molecule has 1 N–H and O–H groups in total. The number of hydrogen-bond acceptors (Lipinski definition) is 3. The minimum absolute atomic E-state index is 0.128. The van der Waals surface area contributed by atoms with Crippen LogP contribution in [0.1, 0.15) is 12.7 Å². The molecule has 5 nitrogen and oxygen atoms in total. The molecule has 122 valence electrons. The van der Waals surface area contributed by atoms with Gasteiger partial charge >= 0.3 is 0 Å². The number of nitrogens with zero attached hydrogens (tertiary/aromatic N) is 3. The van der Waals surface area contributed by atoms with E-state index < -0.39 is 0 Å². The van der Waals surface area contributed by atoms with Crippen molar-refractivity contribution in [3.8, 4) is 0 Å². The van der Waals surface area contributed by atoms with Gasteiger partial charge in [-0.1, -0.05) is 23.7 Å². The molecule has 3 aromatic rings. The minimum atomic E-state index is -0.128. The predicted molar refractivity (Wildman–Crippen MR) is 96.5 cm³/mol. The summed E-state index contributed by atoms with van der Waals surface area (Å²) in [5.41, 5.74) is 3.89. The van der Waals surface area contributed by atoms with Crippen LogP contribution < -0.4 is 10.2 Å². The molecule has 0 saturated carbocycles. The number of carbonyl (C=O) groups excluding carboxylic acids is 1. The Bertz CT molecular complexity index is 934. The Kier molecular flexibility index (Phi) is 3.65. The van der Waals surface area contributed by atoms with Crippen molar-refractivity contribution in [1.82, 2.24) is 9.55 Å². The topological polar surface area (TPSA) is 50.2 Å². The molecule has 0 saturated heterocycles. The second-order valence-electron chi connectivity index (χ2n) is 5.94. The van der Waals surface area contributed by atoms with Crippen LogP contribution in [0.5, 0.6) is 0 Å². The van der Waals surface area contributed by atoms with Crippen molar-refractivity contribution in [1.29, 1.82) is 0 Å². The molecule has 1 amide bonds. The maximum absolute atomic E-state index is 11.2. The third-order valence-electron chi connectivity index (χ3n) is 4.29. The number of anilines is 2. The van der Waals surface area contributed by atoms with Gasteiger partial charge in [-0.15, -0.1) is 0 Å². The Hall–Kier alpha value is -2.53. The van der Waals surface area contributed by atoms with E-state index >= 15 is 0 Å². The van der Waals surface area contributed by atoms with E-state index in [4.69, 9.17) is 16.6 Å². The fourth-order valence-corrected chi connectivity index (χ4v) is 3.40. The van der Waals surface area contributed by atoms with Crippen molar-refractivity contribution in [2.75, 3.05) is 16.8 Å². The standard InChI is InChI=1S/C18H17ClN4O/c1-12(24)20-15-7-6-13(10-14(15)19)22-8-9-23-17-5-3-2-4-16(17)21-18(23)11-22/h2-7,10H,8-9,11H2,1H3,(H,20,24). The summed E-state index contributed by atoms with van der Waals surface area (Å²) in [4.78, 5) is 18.2. The summed E-state index contributed by atoms with van der Waals surface area (Å²) in [7, 11) is 0. The third-order valence-corrected chi connectivity index (χ3v) is 4.60. The molecular formula is C18H17ClN4O. The SMILES string of the molecule is CC(=O)Nc1ccc(N2CCn3c(nc4ccccc43)C2)cc1Cl. The van der Waals surface area contributed by atoms with Crippen LogP contribution in [0.15, 0.2) is 42.5 Å². The molecule has 0 bridgehead atoms. The summed E-state index contributed by atoms with van der Waals surface area (Å²) >= 11 is 6.29. The number of aromatic nitrogens is 2. The van der Waals surface area contributed by atoms with Crippen LogP contribution in [0.2, 0.25) is 5.02 Å². The van der Waals surface area contributed by atoms with Crippen LogP contribution in [0.3, 0.4) is 0 Å². The molecular weight excluding hydrogens is 324 g/mol. The number of hydrogen-bond donors (Lipinski definition) is 1. The number of para-hydroxylation sites is 2. The van der Waals surface area contributed by atoms with Crippen molar-refractivity contribution >= 4 is 39.9 Å². The molecule has 2 aromatic carbocycles. The van der Waals surface area contributed by atoms with E-state index in [0.717, 1.165) is 36.7 Å². The average molecular weight is 341 g/mol. The highest BCUT2D eigenvalue weighted by atomic mass is 35.5. The first-order valence-corrected chi connectivity index (χ1v) is 8.26. The Labute approximate surface area is 144 Å². The van der Waals surface area contributed by atoms with E-state index in [1.54, 1.807) is 0 Å². The summed E-state index contributed by atoms with van der Waals surface area (Å²) in [6.07, 6.45) is 0. The van der Waals surface area contributed by atoms with Crippen molar-refractivity contribution in [2.45, 2.75) is 20.0 Å². The molecule has 1 aliphatic heterocycles. The van der Waals surface area contributed by atoms with Gasteiger partial charge < -0.3 is 14.8 Å². The Balaban J connectivity index is 1.62. The maximum atomic E-state index is 11.2. The largest absolute Gasteiger partial charge is 0.362 e. The molecule has 2 heterocycles. The Morgan fingerprint density at radius 1 is 1.21 bits per heavy atom. The van der Waals surface area contributed by atoms with Gasteiger partial charge in [0.25, 0.3) is 0 Å². The van der Waals surface area contributed by atoms with Gasteiger partial charge in [-0.25, -0.2) is 4.98 Å². The Morgan fingerprint density at radius 3 is 2.83 bits per heavy atom. The number of benzene rings is 2. The lowest BCUT2D eigenvalue weighted by atomic mass is 10.2. The summed E-state index contributed by atoms with van der Waals surface area (Å²) < 4.78 is 2.28. The van der Waals surface area contributed by atoms with Gasteiger partial charge in [0.15, 0.2) is 0 Å². The van der Waals surface area contributed by atoms with Gasteiger partial charge in [0.2, 0.25) is 5.91 Å². The van der Waals surface area contributed by atoms with E-state index in [2.05, 4.69) is 20.9 Å². The van der Waals surface area contributed by atoms with Crippen LogP contribution in [0, 0.1) is 0 Å². The molecule has 1 aliphatic rings. The van der Waals surface area contributed by atoms with Crippen LogP contribution in [0.4, 0.5) is 11.4 Å². The molecule has 0 radical (unpaired) electrons. The highest BCUT2D eigenvalue weighted by molar-refractivity contribution is 6.34. The predicted octanol–water partition coefficient (Wildman–Crippen LogP) is 3.67. The average Bonchev–Trinajstić information content (AvgIpc) is 2.94. The highest BCUT2D eigenvalue weighted by Crippen LogP contribution is 2.30. The van der Waals surface area contributed by atoms with Crippen LogP contribution in [-0.4, -0.2) is 22.0 Å². The fraction of sp³-hybridized carbons (Fsp3) is 0.222. The van der Waals surface area contributed by atoms with Crippen LogP contribution >= 0.6 is 11.6 Å². The molecule has 0 aliphatic carbocycles. The smallest absolute Gasteiger partial charge is 0.221 e. The summed E-state index contributed by atoms with van der Waals surface area (Å²) in [5.74, 6) is 0.931. The number of carbonyl (C=O) groups is 1. The zero-order valence-corrected chi connectivity index (χ0v) is 14.0. The van der Waals surface area contributed by atoms with Crippen LogP contribution in [-0.2, 0) is 17.9 Å². The van der Waals surface area contributed by atoms with Crippen LogP contribution in [0.25, 0.3) is 11.0 Å². The van der Waals surface area contributed by atoms with E-state index in [1.807, 2.05) is 36.4 Å². The van der Waals surface area contributed by atoms with Gasteiger partial charge in [0.05, 0.1) is 28.3 Å². The maximum Gasteiger partial charge on any atom is 0.221 e. The zero-order valence-electron chi connectivity index (χ0n) is 13.3. The molecule has 6 heteroatoms. The first-order chi connectivity index (χ1) is 11.6. The lowest BCUT2D eigenvalue weighted by Gasteiger charge is -2.30. The number of nitrogens with one attached hydrogen (secondary N) is 1. The molecule has 0 atom stereocenters. The molecule has 0 fully saturated rings. The highest BCUT2D eigenvalue weighted by Gasteiger charge is 2.20. The summed E-state index contributed by atoms with van der Waals surface area (Å²) in [5, 5.41) is 3.27. The number of rotatable bonds is 2. The van der Waals surface area contributed by atoms with Crippen molar-refractivity contribution < 1.29 is 4.79 Å². The second-order valence-corrected chi connectivity index (χ2v) is 6.34. The first-order valence-electron chi connectivity index (χ1n) is 7.88. The molecule has 0 unspecified atom stereocenters. The number of halogens is 1. The molecule has 1 aromatic heterocycles. The monoisotopic (exact) mass is 340 g/mol. The van der Waals surface area contributed by atoms with E-state index in [9.17, 15) is 4.79 Å². The van der Waals surface area contributed by atoms with Crippen molar-refractivity contribution in [2.24, 2.45) is 0 Å². The lowest BCUT2D eigenvalue weighted by Crippen LogP contribution is -2.33. The third kappa shape index (κ3) is 2.61. The summed E-state index contributed by atoms with van der Waals surface area (Å²) in [6, 6.07) is 13.9. The van der Waals surface area contributed by atoms with E-state index in [0.29, 0.717) is 10.7 Å². The molecule has 0 spiro atoms. The van der Waals surface area contributed by atoms with Crippen molar-refractivity contribution in [3.63, 3.8) is 0 Å². The lowest BCUT2D eigenvalue weighted by molar-refractivity contribution is -0.114. The zero-order chi connectivity index (χ0) is 16.7. The molecule has 4 rings (SSSR count). The number of imidazole rings is 1. The van der Waals surface area contributed by atoms with Gasteiger partial charge in [-0.3, -0.25) is 4.79 Å². The summed E-state index contributed by atoms with van der Waals surface area (Å²) in [6.45, 7) is 3.99. The fourth-order valence-electron chi connectivity index (χ4n) is 3.18. The number of fused-ring (bicyclic) bond motifs is 3. The van der Waals surface area contributed by atoms with Crippen molar-refractivity contribution in [3.05, 3.63) is 53.3 Å². The van der Waals surface area contributed by atoms with Gasteiger partial charge in [-0.2, -0.15) is 0 Å². The van der Waals surface area contributed by atoms with Gasteiger partial charge in [0.1, 0.15) is 5.82 Å². The minimum Gasteiger partial charge on any atom is -0.362 e. The van der Waals surface area contributed by atoms with E-state index in [-0.39, 0.29) is 5.91 Å². The number of amides is 1. The second kappa shape index (κ2) is 5.83. The Morgan fingerprint density at radius 2 is 2.04 bits per heavy atom. The normalized spacial score (nSPS) is 13.8. The molecule has 24 heavy (non-hydrogen) atoms. The van der Waals surface area contributed by atoms with Gasteiger partial charge in [-0.05, 0) is 30.3 Å². The van der Waals surface area contributed by atoms with Gasteiger partial charge in [0, 0.05) is 25.7 Å². The first kappa shape index (κ1) is 15.0. The quantitative estimate of drug-likeness (QED) is 0.774. The van der Waals surface area contributed by atoms with E-state index in [1.165, 1.54) is 12.4 Å².